The number of rotatable bonds is 7. The number of aliphatic hydroxyl groups is 1. The van der Waals surface area contributed by atoms with Crippen LogP contribution in [0.2, 0.25) is 0 Å². The van der Waals surface area contributed by atoms with E-state index in [1.165, 1.54) is 0 Å². The zero-order valence-electron chi connectivity index (χ0n) is 9.79. The summed E-state index contributed by atoms with van der Waals surface area (Å²) in [6.07, 6.45) is 2.65. The molecule has 0 aliphatic carbocycles. The molecule has 3 nitrogen and oxygen atoms in total. The Hall–Kier alpha value is -0.870. The normalized spacial score (nSPS) is 10.2. The Balaban J connectivity index is 2.36. The molecule has 0 fully saturated rings. The summed E-state index contributed by atoms with van der Waals surface area (Å²) in [7, 11) is 0. The number of unbranched alkanes of at least 4 members (excludes halogenated alkanes) is 2. The molecule has 2 N–H and O–H groups in total. The van der Waals surface area contributed by atoms with Crippen molar-refractivity contribution in [2.45, 2.75) is 24.6 Å². The Morgan fingerprint density at radius 3 is 2.82 bits per heavy atom. The molecule has 0 heterocycles. The Labute approximate surface area is 110 Å². The van der Waals surface area contributed by atoms with Gasteiger partial charge in [0.15, 0.2) is 0 Å². The van der Waals surface area contributed by atoms with Gasteiger partial charge in [0.1, 0.15) is 0 Å². The summed E-state index contributed by atoms with van der Waals surface area (Å²) < 4.78 is 0. The molecule has 0 spiro atoms. The number of carbonyl (C=O) groups is 1. The zero-order chi connectivity index (χ0) is 12.5. The van der Waals surface area contributed by atoms with Crippen molar-refractivity contribution in [2.24, 2.45) is 0 Å². The van der Waals surface area contributed by atoms with Crippen LogP contribution < -0.4 is 5.32 Å². The van der Waals surface area contributed by atoms with Crippen molar-refractivity contribution in [1.29, 1.82) is 0 Å². The minimum Gasteiger partial charge on any atom is -0.396 e. The lowest BCUT2D eigenvalue weighted by Gasteiger charge is -2.05. The molecule has 0 radical (unpaired) electrons. The van der Waals surface area contributed by atoms with Gasteiger partial charge in [-0.25, -0.2) is 0 Å². The first kappa shape index (κ1) is 14.2. The Kier molecular flexibility index (Phi) is 6.89. The minimum absolute atomic E-state index is 0.0307. The maximum absolute atomic E-state index is 11.8. The maximum atomic E-state index is 11.8. The summed E-state index contributed by atoms with van der Waals surface area (Å²) in [5, 5.41) is 12.2. The van der Waals surface area contributed by atoms with Gasteiger partial charge in [0.25, 0.3) is 5.91 Å². The smallest absolute Gasteiger partial charge is 0.251 e. The summed E-state index contributed by atoms with van der Waals surface area (Å²) >= 11 is 3.37. The van der Waals surface area contributed by atoms with Gasteiger partial charge in [0, 0.05) is 24.0 Å². The quantitative estimate of drug-likeness (QED) is 0.600. The van der Waals surface area contributed by atoms with E-state index in [0.717, 1.165) is 30.2 Å². The highest BCUT2D eigenvalue weighted by Crippen LogP contribution is 2.08. The van der Waals surface area contributed by atoms with E-state index in [9.17, 15) is 4.79 Å². The van der Waals surface area contributed by atoms with Crippen LogP contribution in [0.15, 0.2) is 24.3 Å². The van der Waals surface area contributed by atoms with Crippen LogP contribution in [0.1, 0.15) is 35.2 Å². The molecule has 1 aromatic carbocycles. The lowest BCUT2D eigenvalue weighted by Crippen LogP contribution is -2.24. The lowest BCUT2D eigenvalue weighted by atomic mass is 10.1. The SMILES string of the molecule is O=C(NCCCCCO)c1cccc(CBr)c1. The fourth-order valence-corrected chi connectivity index (χ4v) is 1.86. The van der Waals surface area contributed by atoms with Crippen LogP contribution in [-0.4, -0.2) is 24.2 Å². The van der Waals surface area contributed by atoms with E-state index in [-0.39, 0.29) is 12.5 Å². The summed E-state index contributed by atoms with van der Waals surface area (Å²) in [5.74, 6) is -0.0307. The summed E-state index contributed by atoms with van der Waals surface area (Å²) in [6.45, 7) is 0.888. The van der Waals surface area contributed by atoms with Crippen molar-refractivity contribution in [1.82, 2.24) is 5.32 Å². The summed E-state index contributed by atoms with van der Waals surface area (Å²) in [5.41, 5.74) is 1.79. The number of nitrogens with one attached hydrogen (secondary N) is 1. The Bertz CT molecular complexity index is 355. The topological polar surface area (TPSA) is 49.3 Å². The molecule has 0 aromatic heterocycles. The number of carbonyl (C=O) groups excluding carboxylic acids is 1. The highest BCUT2D eigenvalue weighted by molar-refractivity contribution is 9.08. The van der Waals surface area contributed by atoms with Gasteiger partial charge >= 0.3 is 0 Å². The van der Waals surface area contributed by atoms with E-state index in [1.54, 1.807) is 0 Å². The van der Waals surface area contributed by atoms with Gasteiger partial charge in [0.2, 0.25) is 0 Å². The molecule has 0 bridgehead atoms. The largest absolute Gasteiger partial charge is 0.396 e. The van der Waals surface area contributed by atoms with Gasteiger partial charge in [-0.05, 0) is 37.0 Å². The van der Waals surface area contributed by atoms with Gasteiger partial charge < -0.3 is 10.4 Å². The minimum atomic E-state index is -0.0307. The number of benzene rings is 1. The molecule has 0 aliphatic heterocycles. The van der Waals surface area contributed by atoms with E-state index in [2.05, 4.69) is 21.2 Å². The second-order valence-corrected chi connectivity index (χ2v) is 4.43. The fourth-order valence-electron chi connectivity index (χ4n) is 1.51. The van der Waals surface area contributed by atoms with Crippen molar-refractivity contribution in [3.8, 4) is 0 Å². The van der Waals surface area contributed by atoms with Crippen LogP contribution in [0.25, 0.3) is 0 Å². The third kappa shape index (κ3) is 5.33. The number of hydrogen-bond donors (Lipinski definition) is 2. The molecule has 0 atom stereocenters. The van der Waals surface area contributed by atoms with Crippen LogP contribution in [0, 0.1) is 0 Å². The molecule has 4 heteroatoms. The van der Waals surface area contributed by atoms with Crippen LogP contribution in [0.4, 0.5) is 0 Å². The van der Waals surface area contributed by atoms with Crippen molar-refractivity contribution in [3.05, 3.63) is 35.4 Å². The summed E-state index contributed by atoms with van der Waals surface area (Å²) in [4.78, 5) is 11.8. The zero-order valence-corrected chi connectivity index (χ0v) is 11.4. The lowest BCUT2D eigenvalue weighted by molar-refractivity contribution is 0.0953. The van der Waals surface area contributed by atoms with Crippen LogP contribution in [-0.2, 0) is 5.33 Å². The van der Waals surface area contributed by atoms with Gasteiger partial charge in [-0.3, -0.25) is 4.79 Å². The van der Waals surface area contributed by atoms with Gasteiger partial charge in [0.05, 0.1) is 0 Å². The predicted molar refractivity (Wildman–Crippen MR) is 72.3 cm³/mol. The number of alkyl halides is 1. The third-order valence-corrected chi connectivity index (χ3v) is 3.11. The summed E-state index contributed by atoms with van der Waals surface area (Å²) in [6, 6.07) is 7.57. The average Bonchev–Trinajstić information content (AvgIpc) is 2.38. The molecule has 17 heavy (non-hydrogen) atoms. The Morgan fingerprint density at radius 2 is 2.12 bits per heavy atom. The molecule has 1 amide bonds. The molecular formula is C13H18BrNO2. The van der Waals surface area contributed by atoms with Gasteiger partial charge in [-0.15, -0.1) is 0 Å². The van der Waals surface area contributed by atoms with E-state index in [0.29, 0.717) is 12.1 Å². The number of aliphatic hydroxyl groups excluding tert-OH is 1. The third-order valence-electron chi connectivity index (χ3n) is 2.46. The van der Waals surface area contributed by atoms with Crippen molar-refractivity contribution < 1.29 is 9.90 Å². The van der Waals surface area contributed by atoms with Gasteiger partial charge in [-0.2, -0.15) is 0 Å². The number of hydrogen-bond acceptors (Lipinski definition) is 2. The first-order chi connectivity index (χ1) is 8.27. The van der Waals surface area contributed by atoms with Crippen molar-refractivity contribution >= 4 is 21.8 Å². The van der Waals surface area contributed by atoms with Crippen LogP contribution in [0.5, 0.6) is 0 Å². The molecular weight excluding hydrogens is 282 g/mol. The van der Waals surface area contributed by atoms with Crippen LogP contribution >= 0.6 is 15.9 Å². The first-order valence-electron chi connectivity index (χ1n) is 5.82. The second kappa shape index (κ2) is 8.25. The second-order valence-electron chi connectivity index (χ2n) is 3.87. The van der Waals surface area contributed by atoms with E-state index in [1.807, 2.05) is 24.3 Å². The highest BCUT2D eigenvalue weighted by atomic mass is 79.9. The number of amides is 1. The van der Waals surface area contributed by atoms with E-state index >= 15 is 0 Å². The van der Waals surface area contributed by atoms with Crippen molar-refractivity contribution in [3.63, 3.8) is 0 Å². The monoisotopic (exact) mass is 299 g/mol. The standard InChI is InChI=1S/C13H18BrNO2/c14-10-11-5-4-6-12(9-11)13(17)15-7-2-1-3-8-16/h4-6,9,16H,1-3,7-8,10H2,(H,15,17). The molecule has 0 saturated carbocycles. The van der Waals surface area contributed by atoms with E-state index in [4.69, 9.17) is 5.11 Å². The molecule has 0 unspecified atom stereocenters. The molecule has 1 rings (SSSR count). The fraction of sp³-hybridized carbons (Fsp3) is 0.462. The highest BCUT2D eigenvalue weighted by Gasteiger charge is 2.04. The first-order valence-corrected chi connectivity index (χ1v) is 6.94. The maximum Gasteiger partial charge on any atom is 0.251 e. The number of halogens is 1. The molecule has 94 valence electrons. The molecule has 0 saturated heterocycles. The molecule has 0 aliphatic rings. The Morgan fingerprint density at radius 1 is 1.29 bits per heavy atom. The van der Waals surface area contributed by atoms with Crippen LogP contribution in [0.3, 0.4) is 0 Å². The van der Waals surface area contributed by atoms with E-state index < -0.39 is 0 Å². The van der Waals surface area contributed by atoms with Gasteiger partial charge in [-0.1, -0.05) is 28.1 Å². The van der Waals surface area contributed by atoms with Crippen molar-refractivity contribution in [2.75, 3.05) is 13.2 Å². The average molecular weight is 300 g/mol. The predicted octanol–water partition coefficient (Wildman–Crippen LogP) is 2.47. The molecule has 1 aromatic rings.